The average molecular weight is 345 g/mol. The summed E-state index contributed by atoms with van der Waals surface area (Å²) in [7, 11) is 0. The van der Waals surface area contributed by atoms with Gasteiger partial charge in [-0.1, -0.05) is 78.9 Å². The molecule has 0 bridgehead atoms. The Hall–Kier alpha value is -2.72. The van der Waals surface area contributed by atoms with Crippen LogP contribution >= 0.6 is 11.9 Å². The van der Waals surface area contributed by atoms with Gasteiger partial charge in [0.15, 0.2) is 5.17 Å². The molecule has 1 atom stereocenters. The van der Waals surface area contributed by atoms with Gasteiger partial charge in [0.1, 0.15) is 6.17 Å². The summed E-state index contributed by atoms with van der Waals surface area (Å²) in [6.07, 6.45) is 0.0723. The molecule has 1 aliphatic rings. The number of hydrogen-bond donors (Lipinski definition) is 1. The van der Waals surface area contributed by atoms with Crippen molar-refractivity contribution in [3.8, 4) is 0 Å². The van der Waals surface area contributed by atoms with Crippen molar-refractivity contribution in [3.05, 3.63) is 102 Å². The first-order chi connectivity index (χ1) is 12.4. The number of nitrogens with one attached hydrogen (secondary N) is 1. The number of para-hydroxylation sites is 1. The molecule has 4 heteroatoms. The molecule has 1 aliphatic heterocycles. The van der Waals surface area contributed by atoms with Crippen molar-refractivity contribution in [1.29, 1.82) is 0 Å². The third kappa shape index (κ3) is 3.69. The second-order valence-corrected chi connectivity index (χ2v) is 6.78. The molecule has 1 unspecified atom stereocenters. The summed E-state index contributed by atoms with van der Waals surface area (Å²) >= 11 is 1.66. The molecule has 3 nitrogen and oxygen atoms in total. The summed E-state index contributed by atoms with van der Waals surface area (Å²) in [5.41, 5.74) is 3.61. The number of amidine groups is 1. The van der Waals surface area contributed by atoms with Gasteiger partial charge in [-0.25, -0.2) is 0 Å². The van der Waals surface area contributed by atoms with E-state index >= 15 is 0 Å². The molecule has 124 valence electrons. The van der Waals surface area contributed by atoms with Crippen molar-refractivity contribution in [2.75, 3.05) is 4.31 Å². The molecule has 1 saturated heterocycles. The number of nitrogens with zero attached hydrogens (tertiary/aromatic N) is 2. The van der Waals surface area contributed by atoms with Crippen molar-refractivity contribution < 1.29 is 0 Å². The average Bonchev–Trinajstić information content (AvgIpc) is 3.13. The third-order valence-corrected chi connectivity index (χ3v) is 5.09. The highest BCUT2D eigenvalue weighted by atomic mass is 32.2. The van der Waals surface area contributed by atoms with Gasteiger partial charge in [-0.3, -0.25) is 9.30 Å². The first kappa shape index (κ1) is 15.8. The van der Waals surface area contributed by atoms with Crippen molar-refractivity contribution in [1.82, 2.24) is 5.32 Å². The van der Waals surface area contributed by atoms with E-state index < -0.39 is 0 Å². The molecular weight excluding hydrogens is 326 g/mol. The molecule has 25 heavy (non-hydrogen) atoms. The van der Waals surface area contributed by atoms with Crippen LogP contribution in [0.3, 0.4) is 0 Å². The van der Waals surface area contributed by atoms with Crippen LogP contribution in [0.15, 0.2) is 96.0 Å². The summed E-state index contributed by atoms with van der Waals surface area (Å²) in [6, 6.07) is 31.3. The summed E-state index contributed by atoms with van der Waals surface area (Å²) in [5, 5.41) is 4.51. The molecule has 1 N–H and O–H groups in total. The van der Waals surface area contributed by atoms with Gasteiger partial charge in [-0.05, 0) is 23.3 Å². The highest BCUT2D eigenvalue weighted by Gasteiger charge is 2.31. The Labute approximate surface area is 152 Å². The van der Waals surface area contributed by atoms with Crippen LogP contribution in [0.2, 0.25) is 0 Å². The lowest BCUT2D eigenvalue weighted by Crippen LogP contribution is -2.26. The minimum atomic E-state index is 0.0723. The van der Waals surface area contributed by atoms with E-state index in [1.165, 1.54) is 16.8 Å². The quantitative estimate of drug-likeness (QED) is 0.674. The molecular formula is C21H19N3S. The monoisotopic (exact) mass is 345 g/mol. The Morgan fingerprint density at radius 1 is 0.800 bits per heavy atom. The number of hydrogen-bond acceptors (Lipinski definition) is 3. The SMILES string of the molecule is c1ccc(CN=C2NC(c3ccccc3)N(c3ccccc3)S2)cc1. The number of anilines is 1. The Morgan fingerprint density at radius 2 is 1.40 bits per heavy atom. The lowest BCUT2D eigenvalue weighted by atomic mass is 10.1. The van der Waals surface area contributed by atoms with Crippen LogP contribution in [0.4, 0.5) is 5.69 Å². The van der Waals surface area contributed by atoms with Crippen molar-refractivity contribution in [2.45, 2.75) is 12.7 Å². The van der Waals surface area contributed by atoms with Gasteiger partial charge in [0, 0.05) is 11.9 Å². The molecule has 0 amide bonds. The van der Waals surface area contributed by atoms with Crippen LogP contribution in [0.5, 0.6) is 0 Å². The van der Waals surface area contributed by atoms with Crippen molar-refractivity contribution in [2.24, 2.45) is 4.99 Å². The zero-order valence-corrected chi connectivity index (χ0v) is 14.6. The van der Waals surface area contributed by atoms with Gasteiger partial charge >= 0.3 is 0 Å². The Bertz CT molecular complexity index is 785. The molecule has 3 aromatic carbocycles. The standard InChI is InChI=1S/C21H19N3S/c1-4-10-17(11-5-1)16-22-21-23-20(18-12-6-2-7-13-18)24(25-21)19-14-8-3-9-15-19/h1-15,20H,16H2,(H,22,23). The fourth-order valence-corrected chi connectivity index (χ4v) is 3.78. The fraction of sp³-hybridized carbons (Fsp3) is 0.0952. The zero-order valence-electron chi connectivity index (χ0n) is 13.7. The highest BCUT2D eigenvalue weighted by Crippen LogP contribution is 2.37. The predicted octanol–water partition coefficient (Wildman–Crippen LogP) is 5.00. The van der Waals surface area contributed by atoms with Crippen molar-refractivity contribution in [3.63, 3.8) is 0 Å². The van der Waals surface area contributed by atoms with E-state index in [4.69, 9.17) is 4.99 Å². The first-order valence-corrected chi connectivity index (χ1v) is 9.09. The van der Waals surface area contributed by atoms with Crippen LogP contribution in [0.1, 0.15) is 17.3 Å². The van der Waals surface area contributed by atoms with Crippen LogP contribution in [0, 0.1) is 0 Å². The van der Waals surface area contributed by atoms with Gasteiger partial charge in [-0.15, -0.1) is 0 Å². The van der Waals surface area contributed by atoms with E-state index in [9.17, 15) is 0 Å². The molecule has 0 radical (unpaired) electrons. The van der Waals surface area contributed by atoms with Crippen LogP contribution in [0.25, 0.3) is 0 Å². The highest BCUT2D eigenvalue weighted by molar-refractivity contribution is 8.15. The second-order valence-electron chi connectivity index (χ2n) is 5.82. The molecule has 1 fully saturated rings. The van der Waals surface area contributed by atoms with E-state index in [-0.39, 0.29) is 6.17 Å². The summed E-state index contributed by atoms with van der Waals surface area (Å²) < 4.78 is 2.28. The van der Waals surface area contributed by atoms with E-state index in [1.807, 2.05) is 30.3 Å². The van der Waals surface area contributed by atoms with Gasteiger partial charge in [-0.2, -0.15) is 0 Å². The molecule has 0 aromatic heterocycles. The second kappa shape index (κ2) is 7.45. The molecule has 0 saturated carbocycles. The number of rotatable bonds is 4. The normalized spacial score (nSPS) is 18.3. The topological polar surface area (TPSA) is 27.6 Å². The van der Waals surface area contributed by atoms with E-state index in [0.29, 0.717) is 6.54 Å². The van der Waals surface area contributed by atoms with Gasteiger partial charge in [0.25, 0.3) is 0 Å². The van der Waals surface area contributed by atoms with Gasteiger partial charge in [0.05, 0.1) is 12.2 Å². The Morgan fingerprint density at radius 3 is 2.08 bits per heavy atom. The minimum Gasteiger partial charge on any atom is -0.339 e. The maximum atomic E-state index is 4.77. The van der Waals surface area contributed by atoms with E-state index in [2.05, 4.69) is 70.3 Å². The Kier molecular flexibility index (Phi) is 4.70. The summed E-state index contributed by atoms with van der Waals surface area (Å²) in [4.78, 5) is 4.77. The van der Waals surface area contributed by atoms with Crippen LogP contribution < -0.4 is 9.62 Å². The minimum absolute atomic E-state index is 0.0723. The molecule has 0 spiro atoms. The van der Waals surface area contributed by atoms with Crippen LogP contribution in [-0.4, -0.2) is 5.17 Å². The number of aliphatic imine (C=N–C) groups is 1. The van der Waals surface area contributed by atoms with Gasteiger partial charge < -0.3 is 5.32 Å². The lowest BCUT2D eigenvalue weighted by molar-refractivity contribution is 0.710. The molecule has 1 heterocycles. The summed E-state index contributed by atoms with van der Waals surface area (Å²) in [6.45, 7) is 0.681. The molecule has 3 aromatic rings. The van der Waals surface area contributed by atoms with E-state index in [1.54, 1.807) is 11.9 Å². The van der Waals surface area contributed by atoms with Crippen LogP contribution in [-0.2, 0) is 6.54 Å². The van der Waals surface area contributed by atoms with Crippen molar-refractivity contribution >= 4 is 22.8 Å². The first-order valence-electron chi connectivity index (χ1n) is 8.32. The third-order valence-electron chi connectivity index (χ3n) is 4.05. The maximum Gasteiger partial charge on any atom is 0.179 e. The van der Waals surface area contributed by atoms with Gasteiger partial charge in [0.2, 0.25) is 0 Å². The molecule has 4 rings (SSSR count). The van der Waals surface area contributed by atoms with E-state index in [0.717, 1.165) is 5.17 Å². The largest absolute Gasteiger partial charge is 0.339 e. The maximum absolute atomic E-state index is 4.77. The fourth-order valence-electron chi connectivity index (χ4n) is 2.80. The lowest BCUT2D eigenvalue weighted by Gasteiger charge is -2.23. The predicted molar refractivity (Wildman–Crippen MR) is 106 cm³/mol. The molecule has 0 aliphatic carbocycles. The zero-order chi connectivity index (χ0) is 16.9. The smallest absolute Gasteiger partial charge is 0.179 e. The summed E-state index contributed by atoms with van der Waals surface area (Å²) in [5.74, 6) is 0. The number of benzene rings is 3. The Balaban J connectivity index is 1.60.